The van der Waals surface area contributed by atoms with Gasteiger partial charge < -0.3 is 9.64 Å². The quantitative estimate of drug-likeness (QED) is 0.276. The minimum atomic E-state index is 0.654. The molecule has 0 amide bonds. The summed E-state index contributed by atoms with van der Waals surface area (Å²) >= 11 is 0. The summed E-state index contributed by atoms with van der Waals surface area (Å²) in [5.41, 5.74) is 6.92. The highest BCUT2D eigenvalue weighted by Crippen LogP contribution is 2.50. The Kier molecular flexibility index (Phi) is 4.39. The van der Waals surface area contributed by atoms with E-state index in [4.69, 9.17) is 14.7 Å². The minimum Gasteiger partial charge on any atom is -0.453 e. The Morgan fingerprint density at radius 3 is 1.83 bits per heavy atom. The van der Waals surface area contributed by atoms with Crippen molar-refractivity contribution in [1.29, 1.82) is 0 Å². The van der Waals surface area contributed by atoms with Crippen molar-refractivity contribution in [3.63, 3.8) is 0 Å². The van der Waals surface area contributed by atoms with E-state index >= 15 is 0 Å². The summed E-state index contributed by atoms with van der Waals surface area (Å²) in [7, 11) is 0. The molecule has 0 N–H and O–H groups in total. The van der Waals surface area contributed by atoms with E-state index in [1.54, 1.807) is 0 Å². The lowest BCUT2D eigenvalue weighted by Crippen LogP contribution is -2.16. The van der Waals surface area contributed by atoms with Crippen molar-refractivity contribution in [3.8, 4) is 34.0 Å². The van der Waals surface area contributed by atoms with Crippen molar-refractivity contribution in [2.45, 2.75) is 0 Å². The van der Waals surface area contributed by atoms with Crippen LogP contribution < -0.4 is 9.64 Å². The zero-order valence-corrected chi connectivity index (χ0v) is 18.7. The fraction of sp³-hybridized carbons (Fsp3) is 0. The van der Waals surface area contributed by atoms with Crippen LogP contribution in [-0.2, 0) is 0 Å². The van der Waals surface area contributed by atoms with Gasteiger partial charge in [-0.1, -0.05) is 84.9 Å². The zero-order valence-electron chi connectivity index (χ0n) is 18.7. The average Bonchev–Trinajstić information content (AvgIpc) is 3.31. The van der Waals surface area contributed by atoms with Crippen LogP contribution in [-0.4, -0.2) is 14.4 Å². The third-order valence-electron chi connectivity index (χ3n) is 6.25. The van der Waals surface area contributed by atoms with Crippen molar-refractivity contribution in [2.24, 2.45) is 0 Å². The molecule has 3 heterocycles. The number of benzene rings is 4. The molecule has 6 aromatic rings. The smallest absolute Gasteiger partial charge is 0.234 e. The normalized spacial score (nSPS) is 12.2. The number of fused-ring (bicyclic) bond motifs is 3. The molecule has 7 rings (SSSR count). The van der Waals surface area contributed by atoms with Gasteiger partial charge in [-0.15, -0.1) is 0 Å². The molecule has 0 atom stereocenters. The molecule has 5 heteroatoms. The van der Waals surface area contributed by atoms with Gasteiger partial charge in [0.05, 0.1) is 34.6 Å². The van der Waals surface area contributed by atoms with Gasteiger partial charge in [0.1, 0.15) is 0 Å². The van der Waals surface area contributed by atoms with Crippen LogP contribution in [0.3, 0.4) is 0 Å². The van der Waals surface area contributed by atoms with Crippen LogP contribution in [0.2, 0.25) is 0 Å². The van der Waals surface area contributed by atoms with E-state index in [-0.39, 0.29) is 0 Å². The molecular formula is C30H20N4O. The number of hydrogen-bond acceptors (Lipinski definition) is 4. The number of imidazole rings is 1. The third kappa shape index (κ3) is 3.17. The lowest BCUT2D eigenvalue weighted by atomic mass is 10.1. The van der Waals surface area contributed by atoms with Crippen LogP contribution in [0.25, 0.3) is 28.3 Å². The number of para-hydroxylation sites is 4. The topological polar surface area (TPSA) is 42.7 Å². The molecule has 0 saturated heterocycles. The molecule has 0 aliphatic carbocycles. The van der Waals surface area contributed by atoms with Gasteiger partial charge in [0.25, 0.3) is 0 Å². The number of ether oxygens (including phenoxy) is 1. The Bertz CT molecular complexity index is 1630. The van der Waals surface area contributed by atoms with Crippen LogP contribution in [0.4, 0.5) is 17.1 Å². The third-order valence-corrected chi connectivity index (χ3v) is 6.25. The maximum atomic E-state index is 6.19. The number of anilines is 3. The van der Waals surface area contributed by atoms with Crippen LogP contribution in [0.5, 0.6) is 11.5 Å². The van der Waals surface area contributed by atoms with Crippen molar-refractivity contribution in [1.82, 2.24) is 14.4 Å². The molecule has 1 aliphatic rings. The van der Waals surface area contributed by atoms with E-state index in [1.807, 2.05) is 66.9 Å². The molecule has 5 nitrogen and oxygen atoms in total. The van der Waals surface area contributed by atoms with Crippen molar-refractivity contribution in [2.75, 3.05) is 4.90 Å². The predicted octanol–water partition coefficient (Wildman–Crippen LogP) is 7.64. The molecule has 0 spiro atoms. The molecule has 0 fully saturated rings. The maximum Gasteiger partial charge on any atom is 0.234 e. The second-order valence-corrected chi connectivity index (χ2v) is 8.40. The van der Waals surface area contributed by atoms with E-state index in [2.05, 4.69) is 64.0 Å². The van der Waals surface area contributed by atoms with Crippen molar-refractivity contribution >= 4 is 22.8 Å². The van der Waals surface area contributed by atoms with Crippen LogP contribution in [0.1, 0.15) is 0 Å². The molecule has 0 unspecified atom stereocenters. The maximum absolute atomic E-state index is 6.19. The standard InChI is InChI=1S/C30H20N4O/c1-3-11-21(12-4-1)28-29(22-13-5-2-6-14-22)33-20-23(19-31-30(33)32-28)34-24-15-7-9-17-26(24)35-27-18-10-8-16-25(27)34/h1-20H. The number of rotatable bonds is 3. The van der Waals surface area contributed by atoms with E-state index in [0.717, 1.165) is 51.1 Å². The minimum absolute atomic E-state index is 0.654. The second kappa shape index (κ2) is 7.85. The second-order valence-electron chi connectivity index (χ2n) is 8.40. The average molecular weight is 453 g/mol. The first-order chi connectivity index (χ1) is 17.4. The Hall–Kier alpha value is -4.90. The van der Waals surface area contributed by atoms with E-state index < -0.39 is 0 Å². The van der Waals surface area contributed by atoms with Gasteiger partial charge in [0, 0.05) is 17.3 Å². The van der Waals surface area contributed by atoms with Crippen LogP contribution in [0, 0.1) is 0 Å². The fourth-order valence-electron chi connectivity index (χ4n) is 4.69. The highest BCUT2D eigenvalue weighted by molar-refractivity contribution is 5.87. The van der Waals surface area contributed by atoms with Gasteiger partial charge in [-0.3, -0.25) is 4.40 Å². The molecule has 0 bridgehead atoms. The molecule has 0 saturated carbocycles. The largest absolute Gasteiger partial charge is 0.453 e. The zero-order chi connectivity index (χ0) is 23.2. The number of aromatic nitrogens is 3. The Labute approximate surface area is 202 Å². The van der Waals surface area contributed by atoms with Gasteiger partial charge >= 0.3 is 0 Å². The summed E-state index contributed by atoms with van der Waals surface area (Å²) in [5, 5.41) is 0. The molecule has 2 aromatic heterocycles. The first-order valence-electron chi connectivity index (χ1n) is 11.5. The summed E-state index contributed by atoms with van der Waals surface area (Å²) < 4.78 is 8.28. The van der Waals surface area contributed by atoms with Gasteiger partial charge in [-0.05, 0) is 24.3 Å². The highest BCUT2D eigenvalue weighted by atomic mass is 16.5. The number of nitrogens with zero attached hydrogens (tertiary/aromatic N) is 4. The molecule has 0 radical (unpaired) electrons. The van der Waals surface area contributed by atoms with Gasteiger partial charge in [0.15, 0.2) is 11.5 Å². The Morgan fingerprint density at radius 1 is 0.600 bits per heavy atom. The lowest BCUT2D eigenvalue weighted by molar-refractivity contribution is 0.477. The molecule has 1 aliphatic heterocycles. The summed E-state index contributed by atoms with van der Waals surface area (Å²) in [6.45, 7) is 0. The van der Waals surface area contributed by atoms with Crippen LogP contribution in [0.15, 0.2) is 122 Å². The van der Waals surface area contributed by atoms with Gasteiger partial charge in [0.2, 0.25) is 5.78 Å². The summed E-state index contributed by atoms with van der Waals surface area (Å²) in [5.74, 6) is 2.27. The Balaban J connectivity index is 1.49. The SMILES string of the molecule is c1ccc(-c2nc3ncc(N4c5ccccc5Oc5ccccc54)cn3c2-c2ccccc2)cc1. The molecule has 35 heavy (non-hydrogen) atoms. The first kappa shape index (κ1) is 19.6. The predicted molar refractivity (Wildman–Crippen MR) is 139 cm³/mol. The molecular weight excluding hydrogens is 432 g/mol. The fourth-order valence-corrected chi connectivity index (χ4v) is 4.69. The van der Waals surface area contributed by atoms with Crippen molar-refractivity contribution < 1.29 is 4.74 Å². The molecule has 166 valence electrons. The van der Waals surface area contributed by atoms with Crippen molar-refractivity contribution in [3.05, 3.63) is 122 Å². The number of hydrogen-bond donors (Lipinski definition) is 0. The summed E-state index contributed by atoms with van der Waals surface area (Å²) in [6.07, 6.45) is 3.99. The monoisotopic (exact) mass is 452 g/mol. The van der Waals surface area contributed by atoms with E-state index in [1.165, 1.54) is 0 Å². The summed E-state index contributed by atoms with van der Waals surface area (Å²) in [4.78, 5) is 11.9. The van der Waals surface area contributed by atoms with Gasteiger partial charge in [-0.25, -0.2) is 9.97 Å². The summed E-state index contributed by atoms with van der Waals surface area (Å²) in [6, 6.07) is 36.8. The lowest BCUT2D eigenvalue weighted by Gasteiger charge is -2.32. The highest BCUT2D eigenvalue weighted by Gasteiger charge is 2.26. The van der Waals surface area contributed by atoms with Gasteiger partial charge in [-0.2, -0.15) is 0 Å². The van der Waals surface area contributed by atoms with E-state index in [9.17, 15) is 0 Å². The molecule has 4 aromatic carbocycles. The Morgan fingerprint density at radius 2 is 1.17 bits per heavy atom. The first-order valence-corrected chi connectivity index (χ1v) is 11.5. The van der Waals surface area contributed by atoms with Crippen LogP contribution >= 0.6 is 0 Å². The van der Waals surface area contributed by atoms with E-state index in [0.29, 0.717) is 5.78 Å².